The van der Waals surface area contributed by atoms with Crippen molar-refractivity contribution in [1.82, 2.24) is 0 Å². The number of rotatable bonds is 8. The fraction of sp³-hybridized carbons (Fsp3) is 0.286. The number of allylic oxidation sites excluding steroid dienone is 6. The van der Waals surface area contributed by atoms with Crippen LogP contribution in [0.1, 0.15) is 33.3 Å². The zero-order chi connectivity index (χ0) is 19.0. The second-order valence-corrected chi connectivity index (χ2v) is 7.25. The van der Waals surface area contributed by atoms with Crippen molar-refractivity contribution in [3.63, 3.8) is 0 Å². The first-order chi connectivity index (χ1) is 11.8. The first-order valence-corrected chi connectivity index (χ1v) is 9.55. The van der Waals surface area contributed by atoms with Crippen LogP contribution in [0, 0.1) is 0 Å². The first kappa shape index (κ1) is 21.3. The summed E-state index contributed by atoms with van der Waals surface area (Å²) in [6.07, 6.45) is 10.3. The predicted molar refractivity (Wildman–Crippen MR) is 110 cm³/mol. The monoisotopic (exact) mass is 376 g/mol. The van der Waals surface area contributed by atoms with Crippen molar-refractivity contribution < 1.29 is 9.53 Å². The lowest BCUT2D eigenvalue weighted by Crippen LogP contribution is -2.26. The standard InChI is InChI=1S/C21H25ClO2S/c1-7-9-10-16(8-2)15(3)20(24-21(4,5)14-23)18-12-11-17(25-6)13-19(18)22/h7-14H,1H2,2-6H3/b10-9-,16-8+,20-15+. The van der Waals surface area contributed by atoms with Crippen LogP contribution in [-0.2, 0) is 9.53 Å². The second kappa shape index (κ2) is 9.69. The lowest BCUT2D eigenvalue weighted by molar-refractivity contribution is -0.120. The molecule has 25 heavy (non-hydrogen) atoms. The van der Waals surface area contributed by atoms with Crippen LogP contribution in [-0.4, -0.2) is 18.1 Å². The van der Waals surface area contributed by atoms with E-state index in [2.05, 4.69) is 6.58 Å². The van der Waals surface area contributed by atoms with E-state index in [4.69, 9.17) is 16.3 Å². The van der Waals surface area contributed by atoms with E-state index in [1.54, 1.807) is 31.7 Å². The van der Waals surface area contributed by atoms with Gasteiger partial charge in [0.25, 0.3) is 0 Å². The third-order valence-corrected chi connectivity index (χ3v) is 4.60. The van der Waals surface area contributed by atoms with Crippen LogP contribution in [0.2, 0.25) is 5.02 Å². The molecule has 0 heterocycles. The highest BCUT2D eigenvalue weighted by molar-refractivity contribution is 7.98. The molecule has 0 saturated heterocycles. The molecular formula is C21H25ClO2S. The number of thioether (sulfide) groups is 1. The first-order valence-electron chi connectivity index (χ1n) is 7.95. The minimum atomic E-state index is -0.959. The van der Waals surface area contributed by atoms with Crippen molar-refractivity contribution in [1.29, 1.82) is 0 Å². The van der Waals surface area contributed by atoms with Crippen LogP contribution in [0.25, 0.3) is 5.76 Å². The van der Waals surface area contributed by atoms with Crippen LogP contribution < -0.4 is 0 Å². The molecular weight excluding hydrogens is 352 g/mol. The van der Waals surface area contributed by atoms with Gasteiger partial charge in [-0.05, 0) is 63.3 Å². The van der Waals surface area contributed by atoms with Crippen LogP contribution in [0.3, 0.4) is 0 Å². The fourth-order valence-electron chi connectivity index (χ4n) is 2.17. The molecule has 0 radical (unpaired) electrons. The highest BCUT2D eigenvalue weighted by Crippen LogP contribution is 2.35. The number of benzene rings is 1. The highest BCUT2D eigenvalue weighted by atomic mass is 35.5. The summed E-state index contributed by atoms with van der Waals surface area (Å²) in [5.41, 5.74) is 1.67. The Hall–Kier alpha value is -1.71. The molecule has 0 aliphatic heterocycles. The van der Waals surface area contributed by atoms with E-state index in [9.17, 15) is 4.79 Å². The van der Waals surface area contributed by atoms with Crippen LogP contribution in [0.4, 0.5) is 0 Å². The summed E-state index contributed by atoms with van der Waals surface area (Å²) < 4.78 is 6.07. The number of halogens is 1. The van der Waals surface area contributed by atoms with E-state index in [0.29, 0.717) is 10.8 Å². The third kappa shape index (κ3) is 5.94. The van der Waals surface area contributed by atoms with E-state index >= 15 is 0 Å². The topological polar surface area (TPSA) is 26.3 Å². The van der Waals surface area contributed by atoms with Gasteiger partial charge >= 0.3 is 0 Å². The van der Waals surface area contributed by atoms with E-state index in [1.807, 2.05) is 56.5 Å². The summed E-state index contributed by atoms with van der Waals surface area (Å²) in [4.78, 5) is 12.5. The molecule has 1 aromatic carbocycles. The predicted octanol–water partition coefficient (Wildman–Crippen LogP) is 6.48. The molecule has 1 rings (SSSR count). The fourth-order valence-corrected chi connectivity index (χ4v) is 2.94. The average Bonchev–Trinajstić information content (AvgIpc) is 2.60. The van der Waals surface area contributed by atoms with Gasteiger partial charge in [-0.25, -0.2) is 0 Å². The summed E-state index contributed by atoms with van der Waals surface area (Å²) in [5, 5.41) is 0.589. The maximum Gasteiger partial charge on any atom is 0.162 e. The van der Waals surface area contributed by atoms with Gasteiger partial charge in [0.1, 0.15) is 5.76 Å². The van der Waals surface area contributed by atoms with Gasteiger partial charge in [0.15, 0.2) is 11.9 Å². The summed E-state index contributed by atoms with van der Waals surface area (Å²) in [7, 11) is 0. The Morgan fingerprint density at radius 2 is 2.04 bits per heavy atom. The number of carbonyl (C=O) groups is 1. The molecule has 0 aliphatic carbocycles. The molecule has 134 valence electrons. The number of hydrogen-bond donors (Lipinski definition) is 0. The Morgan fingerprint density at radius 3 is 2.52 bits per heavy atom. The van der Waals surface area contributed by atoms with Gasteiger partial charge in [-0.2, -0.15) is 0 Å². The summed E-state index contributed by atoms with van der Waals surface area (Å²) in [6.45, 7) is 11.1. The van der Waals surface area contributed by atoms with Gasteiger partial charge in [-0.1, -0.05) is 42.5 Å². The van der Waals surface area contributed by atoms with Crippen molar-refractivity contribution in [2.75, 3.05) is 6.26 Å². The van der Waals surface area contributed by atoms with Crippen molar-refractivity contribution in [3.05, 3.63) is 70.8 Å². The van der Waals surface area contributed by atoms with Crippen LogP contribution in [0.5, 0.6) is 0 Å². The maximum absolute atomic E-state index is 11.4. The van der Waals surface area contributed by atoms with Crippen LogP contribution >= 0.6 is 23.4 Å². The Morgan fingerprint density at radius 1 is 1.36 bits per heavy atom. The maximum atomic E-state index is 11.4. The molecule has 0 amide bonds. The SMILES string of the molecule is C=C\C=C/C(=C\C)C(/C)=C(/OC(C)(C)C=O)c1ccc(SC)cc1Cl. The molecule has 0 bridgehead atoms. The van der Waals surface area contributed by atoms with E-state index in [-0.39, 0.29) is 0 Å². The molecule has 0 fully saturated rings. The molecule has 0 aromatic heterocycles. The Bertz CT molecular complexity index is 727. The quantitative estimate of drug-likeness (QED) is 0.225. The van der Waals surface area contributed by atoms with Gasteiger partial charge in [-0.15, -0.1) is 11.8 Å². The molecule has 1 aromatic rings. The van der Waals surface area contributed by atoms with Crippen LogP contribution in [0.15, 0.2) is 65.1 Å². The minimum absolute atomic E-state index is 0.589. The lowest BCUT2D eigenvalue weighted by atomic mass is 10.0. The molecule has 0 spiro atoms. The van der Waals surface area contributed by atoms with Crippen molar-refractivity contribution in [2.45, 2.75) is 38.2 Å². The number of hydrogen-bond acceptors (Lipinski definition) is 3. The van der Waals surface area contributed by atoms with Crippen molar-refractivity contribution in [3.8, 4) is 0 Å². The smallest absolute Gasteiger partial charge is 0.162 e. The minimum Gasteiger partial charge on any atom is -0.479 e. The number of aldehydes is 1. The van der Waals surface area contributed by atoms with E-state index in [0.717, 1.165) is 27.9 Å². The van der Waals surface area contributed by atoms with Crippen molar-refractivity contribution in [2.24, 2.45) is 0 Å². The Balaban J connectivity index is 3.58. The second-order valence-electron chi connectivity index (χ2n) is 5.96. The van der Waals surface area contributed by atoms with E-state index < -0.39 is 5.60 Å². The molecule has 0 atom stereocenters. The van der Waals surface area contributed by atoms with Gasteiger partial charge < -0.3 is 4.74 Å². The third-order valence-electron chi connectivity index (χ3n) is 3.57. The number of ether oxygens (including phenoxy) is 1. The zero-order valence-corrected chi connectivity index (χ0v) is 17.0. The molecule has 0 saturated carbocycles. The zero-order valence-electron chi connectivity index (χ0n) is 15.4. The molecule has 4 heteroatoms. The van der Waals surface area contributed by atoms with Gasteiger partial charge in [-0.3, -0.25) is 4.79 Å². The Labute approximate surface area is 160 Å². The molecule has 0 unspecified atom stereocenters. The van der Waals surface area contributed by atoms with Gasteiger partial charge in [0, 0.05) is 10.5 Å². The molecule has 0 aliphatic rings. The Kier molecular flexibility index (Phi) is 8.27. The highest BCUT2D eigenvalue weighted by Gasteiger charge is 2.24. The van der Waals surface area contributed by atoms with E-state index in [1.165, 1.54) is 0 Å². The summed E-state index contributed by atoms with van der Waals surface area (Å²) in [6, 6.07) is 5.82. The normalized spacial score (nSPS) is 13.6. The molecule has 2 nitrogen and oxygen atoms in total. The molecule has 0 N–H and O–H groups in total. The number of carbonyl (C=O) groups excluding carboxylic acids is 1. The largest absolute Gasteiger partial charge is 0.479 e. The van der Waals surface area contributed by atoms with Gasteiger partial charge in [0.2, 0.25) is 0 Å². The van der Waals surface area contributed by atoms with Crippen molar-refractivity contribution >= 4 is 35.4 Å². The summed E-state index contributed by atoms with van der Waals surface area (Å²) >= 11 is 8.12. The van der Waals surface area contributed by atoms with Gasteiger partial charge in [0.05, 0.1) is 5.02 Å². The summed E-state index contributed by atoms with van der Waals surface area (Å²) in [5.74, 6) is 0.594. The lowest BCUT2D eigenvalue weighted by Gasteiger charge is -2.25. The average molecular weight is 377 g/mol.